The molecule has 0 saturated heterocycles. The van der Waals surface area contributed by atoms with E-state index in [2.05, 4.69) is 18.0 Å². The fraction of sp³-hybridized carbons (Fsp3) is 0.294. The standard InChI is InChI=1S/C17H18N2OS/c1-12-11-14-7-3-4-8-15(14)19(12)17(20)13(2)21-16-9-5-6-10-18-16/h3-10,12-13H,11H2,1-2H3. The molecule has 2 aromatic rings. The Morgan fingerprint density at radius 2 is 2.05 bits per heavy atom. The second kappa shape index (κ2) is 5.90. The minimum Gasteiger partial charge on any atom is -0.308 e. The molecule has 3 nitrogen and oxygen atoms in total. The molecule has 2 atom stereocenters. The highest BCUT2D eigenvalue weighted by Crippen LogP contribution is 2.34. The molecule has 1 aromatic carbocycles. The highest BCUT2D eigenvalue weighted by atomic mass is 32.2. The third-order valence-corrected chi connectivity index (χ3v) is 4.77. The first kappa shape index (κ1) is 14.1. The number of para-hydroxylation sites is 1. The Hall–Kier alpha value is -1.81. The van der Waals surface area contributed by atoms with E-state index in [-0.39, 0.29) is 17.2 Å². The molecular weight excluding hydrogens is 280 g/mol. The molecule has 108 valence electrons. The minimum atomic E-state index is -0.145. The lowest BCUT2D eigenvalue weighted by Gasteiger charge is -2.25. The summed E-state index contributed by atoms with van der Waals surface area (Å²) < 4.78 is 0. The highest BCUT2D eigenvalue weighted by molar-refractivity contribution is 8.00. The number of aromatic nitrogens is 1. The largest absolute Gasteiger partial charge is 0.308 e. The Morgan fingerprint density at radius 1 is 1.29 bits per heavy atom. The second-order valence-electron chi connectivity index (χ2n) is 5.32. The predicted octanol–water partition coefficient (Wildman–Crippen LogP) is 3.54. The summed E-state index contributed by atoms with van der Waals surface area (Å²) in [6.45, 7) is 4.06. The second-order valence-corrected chi connectivity index (χ2v) is 6.68. The maximum absolute atomic E-state index is 12.8. The van der Waals surface area contributed by atoms with Gasteiger partial charge < -0.3 is 4.90 Å². The molecule has 1 amide bonds. The maximum atomic E-state index is 12.8. The molecule has 4 heteroatoms. The van der Waals surface area contributed by atoms with Gasteiger partial charge in [0.05, 0.1) is 10.3 Å². The van der Waals surface area contributed by atoms with Crippen LogP contribution in [0.4, 0.5) is 5.69 Å². The smallest absolute Gasteiger partial charge is 0.240 e. The zero-order valence-corrected chi connectivity index (χ0v) is 13.0. The molecular formula is C17H18N2OS. The third-order valence-electron chi connectivity index (χ3n) is 3.73. The first-order valence-corrected chi connectivity index (χ1v) is 8.03. The van der Waals surface area contributed by atoms with Gasteiger partial charge in [-0.25, -0.2) is 4.98 Å². The molecule has 0 N–H and O–H groups in total. The van der Waals surface area contributed by atoms with Gasteiger partial charge in [0.2, 0.25) is 5.91 Å². The molecule has 0 aliphatic carbocycles. The molecule has 0 bridgehead atoms. The van der Waals surface area contributed by atoms with E-state index >= 15 is 0 Å². The monoisotopic (exact) mass is 298 g/mol. The minimum absolute atomic E-state index is 0.145. The number of benzene rings is 1. The summed E-state index contributed by atoms with van der Waals surface area (Å²) >= 11 is 1.51. The van der Waals surface area contributed by atoms with Crippen LogP contribution in [0.25, 0.3) is 0 Å². The number of carbonyl (C=O) groups excluding carboxylic acids is 1. The summed E-state index contributed by atoms with van der Waals surface area (Å²) in [5.74, 6) is 0.156. The normalized spacial score (nSPS) is 18.4. The van der Waals surface area contributed by atoms with Crippen LogP contribution in [-0.4, -0.2) is 22.2 Å². The summed E-state index contributed by atoms with van der Waals surface area (Å²) in [6, 6.07) is 14.2. The van der Waals surface area contributed by atoms with E-state index in [0.717, 1.165) is 17.1 Å². The van der Waals surface area contributed by atoms with Gasteiger partial charge in [-0.2, -0.15) is 0 Å². The first-order chi connectivity index (χ1) is 10.2. The van der Waals surface area contributed by atoms with Crippen LogP contribution < -0.4 is 4.90 Å². The van der Waals surface area contributed by atoms with E-state index in [4.69, 9.17) is 0 Å². The van der Waals surface area contributed by atoms with Crippen LogP contribution in [0.2, 0.25) is 0 Å². The van der Waals surface area contributed by atoms with Crippen molar-refractivity contribution in [2.24, 2.45) is 0 Å². The van der Waals surface area contributed by atoms with Crippen molar-refractivity contribution in [2.75, 3.05) is 4.90 Å². The first-order valence-electron chi connectivity index (χ1n) is 7.15. The number of nitrogens with zero attached hydrogens (tertiary/aromatic N) is 2. The number of carbonyl (C=O) groups is 1. The van der Waals surface area contributed by atoms with Crippen molar-refractivity contribution in [2.45, 2.75) is 36.6 Å². The molecule has 1 aliphatic rings. The molecule has 21 heavy (non-hydrogen) atoms. The van der Waals surface area contributed by atoms with Gasteiger partial charge in [-0.3, -0.25) is 4.79 Å². The number of thioether (sulfide) groups is 1. The van der Waals surface area contributed by atoms with Crippen LogP contribution >= 0.6 is 11.8 Å². The van der Waals surface area contributed by atoms with E-state index in [9.17, 15) is 4.79 Å². The van der Waals surface area contributed by atoms with Crippen molar-refractivity contribution in [3.8, 4) is 0 Å². The topological polar surface area (TPSA) is 33.2 Å². The molecule has 2 unspecified atom stereocenters. The molecule has 0 fully saturated rings. The lowest BCUT2D eigenvalue weighted by atomic mass is 10.1. The molecule has 1 aromatic heterocycles. The predicted molar refractivity (Wildman–Crippen MR) is 86.7 cm³/mol. The van der Waals surface area contributed by atoms with E-state index in [0.29, 0.717) is 0 Å². The lowest BCUT2D eigenvalue weighted by Crippen LogP contribution is -2.40. The van der Waals surface area contributed by atoms with Gasteiger partial charge in [-0.15, -0.1) is 0 Å². The van der Waals surface area contributed by atoms with E-state index in [1.807, 2.05) is 48.2 Å². The average molecular weight is 298 g/mol. The van der Waals surface area contributed by atoms with Crippen LogP contribution in [0.5, 0.6) is 0 Å². The van der Waals surface area contributed by atoms with Gasteiger partial charge in [0, 0.05) is 17.9 Å². The number of anilines is 1. The van der Waals surface area contributed by atoms with Crippen molar-refractivity contribution < 1.29 is 4.79 Å². The fourth-order valence-electron chi connectivity index (χ4n) is 2.75. The Labute approximate surface area is 129 Å². The Balaban J connectivity index is 1.79. The van der Waals surface area contributed by atoms with Crippen molar-refractivity contribution in [3.63, 3.8) is 0 Å². The summed E-state index contributed by atoms with van der Waals surface area (Å²) in [4.78, 5) is 19.0. The van der Waals surface area contributed by atoms with Crippen LogP contribution in [0, 0.1) is 0 Å². The maximum Gasteiger partial charge on any atom is 0.240 e. The molecule has 1 aliphatic heterocycles. The third kappa shape index (κ3) is 2.81. The summed E-state index contributed by atoms with van der Waals surface area (Å²) in [7, 11) is 0. The van der Waals surface area contributed by atoms with E-state index in [1.54, 1.807) is 6.20 Å². The zero-order valence-electron chi connectivity index (χ0n) is 12.2. The van der Waals surface area contributed by atoms with Gasteiger partial charge in [-0.05, 0) is 44.0 Å². The Bertz CT molecular complexity index is 644. The highest BCUT2D eigenvalue weighted by Gasteiger charge is 2.33. The Kier molecular flexibility index (Phi) is 3.97. The fourth-order valence-corrected chi connectivity index (χ4v) is 3.60. The number of fused-ring (bicyclic) bond motifs is 1. The van der Waals surface area contributed by atoms with Crippen LogP contribution in [-0.2, 0) is 11.2 Å². The van der Waals surface area contributed by atoms with Gasteiger partial charge in [0.15, 0.2) is 0 Å². The summed E-state index contributed by atoms with van der Waals surface area (Å²) in [5, 5.41) is 0.743. The summed E-state index contributed by atoms with van der Waals surface area (Å²) in [6.07, 6.45) is 2.69. The van der Waals surface area contributed by atoms with Crippen molar-refractivity contribution in [1.29, 1.82) is 0 Å². The van der Waals surface area contributed by atoms with Crippen LogP contribution in [0.15, 0.2) is 53.7 Å². The average Bonchev–Trinajstić information content (AvgIpc) is 2.83. The Morgan fingerprint density at radius 3 is 2.81 bits per heavy atom. The summed E-state index contributed by atoms with van der Waals surface area (Å²) in [5.41, 5.74) is 2.32. The molecule has 3 rings (SSSR count). The van der Waals surface area contributed by atoms with Crippen LogP contribution in [0.1, 0.15) is 19.4 Å². The van der Waals surface area contributed by atoms with Crippen molar-refractivity contribution in [1.82, 2.24) is 4.98 Å². The number of pyridine rings is 1. The lowest BCUT2D eigenvalue weighted by molar-refractivity contribution is -0.118. The van der Waals surface area contributed by atoms with Gasteiger partial charge in [0.1, 0.15) is 0 Å². The van der Waals surface area contributed by atoms with Crippen molar-refractivity contribution >= 4 is 23.4 Å². The van der Waals surface area contributed by atoms with E-state index in [1.165, 1.54) is 17.3 Å². The van der Waals surface area contributed by atoms with Crippen molar-refractivity contribution in [3.05, 3.63) is 54.2 Å². The molecule has 0 spiro atoms. The SMILES string of the molecule is CC(Sc1ccccn1)C(=O)N1c2ccccc2CC1C. The molecule has 2 heterocycles. The molecule has 0 saturated carbocycles. The van der Waals surface area contributed by atoms with Gasteiger partial charge in [-0.1, -0.05) is 36.0 Å². The quantitative estimate of drug-likeness (QED) is 0.813. The van der Waals surface area contributed by atoms with E-state index < -0.39 is 0 Å². The van der Waals surface area contributed by atoms with Gasteiger partial charge >= 0.3 is 0 Å². The number of amides is 1. The van der Waals surface area contributed by atoms with Gasteiger partial charge in [0.25, 0.3) is 0 Å². The zero-order chi connectivity index (χ0) is 14.8. The van der Waals surface area contributed by atoms with Crippen LogP contribution in [0.3, 0.4) is 0 Å². The number of hydrogen-bond donors (Lipinski definition) is 0. The number of rotatable bonds is 3. The molecule has 0 radical (unpaired) electrons. The number of hydrogen-bond acceptors (Lipinski definition) is 3.